The smallest absolute Gasteiger partial charge is 0.120 e. The van der Waals surface area contributed by atoms with Crippen LogP contribution < -0.4 is 14.2 Å². The standard InChI is InChI=1S/C44H46N2O3/c1-34-22-24-45(25-23-34)26-27-47-41-18-14-36(15-19-41)31-46-40(28-35-12-16-42(17-13-35)48-32-37-8-4-2-5-9-37)29-39-30-43(20-21-44(39)46)49-33-38-10-6-3-7-11-38/h2-21,29-30,34H,22-28,31-33H2,1H3. The van der Waals surface area contributed by atoms with E-state index < -0.39 is 0 Å². The molecule has 5 heteroatoms. The van der Waals surface area contributed by atoms with Gasteiger partial charge in [0.15, 0.2) is 0 Å². The fraction of sp³-hybridized carbons (Fsp3) is 0.273. The molecule has 7 rings (SSSR count). The van der Waals surface area contributed by atoms with Crippen molar-refractivity contribution in [3.8, 4) is 17.2 Å². The van der Waals surface area contributed by atoms with Crippen LogP contribution in [-0.2, 0) is 26.2 Å². The van der Waals surface area contributed by atoms with Crippen LogP contribution in [0.5, 0.6) is 17.2 Å². The van der Waals surface area contributed by atoms with Crippen LogP contribution in [0.2, 0.25) is 0 Å². The summed E-state index contributed by atoms with van der Waals surface area (Å²) in [7, 11) is 0. The van der Waals surface area contributed by atoms with Crippen molar-refractivity contribution in [2.24, 2.45) is 5.92 Å². The van der Waals surface area contributed by atoms with Crippen LogP contribution >= 0.6 is 0 Å². The highest BCUT2D eigenvalue weighted by Gasteiger charge is 2.16. The van der Waals surface area contributed by atoms with Gasteiger partial charge in [0.05, 0.1) is 0 Å². The number of benzene rings is 5. The van der Waals surface area contributed by atoms with Crippen molar-refractivity contribution in [1.29, 1.82) is 0 Å². The molecule has 49 heavy (non-hydrogen) atoms. The first-order valence-corrected chi connectivity index (χ1v) is 17.6. The van der Waals surface area contributed by atoms with E-state index in [1.807, 2.05) is 36.4 Å². The SMILES string of the molecule is CC1CCN(CCOc2ccc(Cn3c(Cc4ccc(OCc5ccccc5)cc4)cc4cc(OCc5ccccc5)ccc43)cc2)CC1. The number of ether oxygens (including phenoxy) is 3. The molecule has 6 aromatic rings. The molecule has 0 radical (unpaired) electrons. The first-order valence-electron chi connectivity index (χ1n) is 17.6. The summed E-state index contributed by atoms with van der Waals surface area (Å²) < 4.78 is 20.8. The van der Waals surface area contributed by atoms with Gasteiger partial charge in [-0.25, -0.2) is 0 Å². The molecule has 0 N–H and O–H groups in total. The van der Waals surface area contributed by atoms with E-state index in [0.29, 0.717) is 13.2 Å². The first kappa shape index (κ1) is 32.5. The summed E-state index contributed by atoms with van der Waals surface area (Å²) in [6.07, 6.45) is 3.40. The van der Waals surface area contributed by atoms with E-state index in [0.717, 1.165) is 60.4 Å². The number of hydrogen-bond acceptors (Lipinski definition) is 4. The maximum Gasteiger partial charge on any atom is 0.120 e. The molecule has 5 aromatic carbocycles. The highest BCUT2D eigenvalue weighted by molar-refractivity contribution is 5.83. The van der Waals surface area contributed by atoms with Gasteiger partial charge < -0.3 is 18.8 Å². The summed E-state index contributed by atoms with van der Waals surface area (Å²) in [5.41, 5.74) is 7.25. The van der Waals surface area contributed by atoms with Gasteiger partial charge in [-0.15, -0.1) is 0 Å². The summed E-state index contributed by atoms with van der Waals surface area (Å²) in [6, 6.07) is 46.5. The molecule has 1 aliphatic rings. The van der Waals surface area contributed by atoms with Gasteiger partial charge in [-0.1, -0.05) is 91.9 Å². The molecule has 250 valence electrons. The lowest BCUT2D eigenvalue weighted by molar-refractivity contribution is 0.160. The second-order valence-electron chi connectivity index (χ2n) is 13.3. The zero-order valence-corrected chi connectivity index (χ0v) is 28.5. The molecule has 0 spiro atoms. The molecule has 0 saturated carbocycles. The van der Waals surface area contributed by atoms with Crippen molar-refractivity contribution < 1.29 is 14.2 Å². The summed E-state index contributed by atoms with van der Waals surface area (Å²) >= 11 is 0. The van der Waals surface area contributed by atoms with Crippen LogP contribution in [0.25, 0.3) is 10.9 Å². The molecule has 1 saturated heterocycles. The van der Waals surface area contributed by atoms with Gasteiger partial charge in [-0.3, -0.25) is 4.90 Å². The molecule has 1 aliphatic heterocycles. The lowest BCUT2D eigenvalue weighted by Gasteiger charge is -2.29. The van der Waals surface area contributed by atoms with Crippen LogP contribution in [0, 0.1) is 5.92 Å². The monoisotopic (exact) mass is 650 g/mol. The van der Waals surface area contributed by atoms with Crippen LogP contribution in [0.1, 0.15) is 47.7 Å². The minimum atomic E-state index is 0.546. The van der Waals surface area contributed by atoms with Gasteiger partial charge >= 0.3 is 0 Å². The molecule has 5 nitrogen and oxygen atoms in total. The molecule has 1 aromatic heterocycles. The maximum absolute atomic E-state index is 6.20. The Balaban J connectivity index is 1.05. The van der Waals surface area contributed by atoms with E-state index in [2.05, 4.69) is 113 Å². The zero-order valence-electron chi connectivity index (χ0n) is 28.5. The van der Waals surface area contributed by atoms with E-state index in [1.54, 1.807) is 0 Å². The van der Waals surface area contributed by atoms with E-state index in [-0.39, 0.29) is 0 Å². The molecule has 0 amide bonds. The fourth-order valence-corrected chi connectivity index (χ4v) is 6.58. The van der Waals surface area contributed by atoms with Crippen LogP contribution in [0.3, 0.4) is 0 Å². The Morgan fingerprint density at radius 2 is 1.14 bits per heavy atom. The van der Waals surface area contributed by atoms with Gasteiger partial charge in [-0.05, 0) is 103 Å². The predicted molar refractivity (Wildman–Crippen MR) is 199 cm³/mol. The van der Waals surface area contributed by atoms with Crippen molar-refractivity contribution in [2.45, 2.75) is 45.9 Å². The molecule has 0 bridgehead atoms. The highest BCUT2D eigenvalue weighted by Crippen LogP contribution is 2.29. The number of rotatable bonds is 14. The minimum absolute atomic E-state index is 0.546. The highest BCUT2D eigenvalue weighted by atomic mass is 16.5. The Morgan fingerprint density at radius 1 is 0.571 bits per heavy atom. The van der Waals surface area contributed by atoms with Gasteiger partial charge in [0, 0.05) is 36.1 Å². The summed E-state index contributed by atoms with van der Waals surface area (Å²) in [5.74, 6) is 3.53. The molecule has 1 fully saturated rings. The van der Waals surface area contributed by atoms with Gasteiger partial charge in [0.25, 0.3) is 0 Å². The van der Waals surface area contributed by atoms with Crippen molar-refractivity contribution in [1.82, 2.24) is 9.47 Å². The zero-order chi connectivity index (χ0) is 33.3. The van der Waals surface area contributed by atoms with Gasteiger partial charge in [-0.2, -0.15) is 0 Å². The number of piperidine rings is 1. The topological polar surface area (TPSA) is 35.9 Å². The Labute approximate surface area is 290 Å². The Hall–Kier alpha value is -5.00. The largest absolute Gasteiger partial charge is 0.492 e. The summed E-state index contributed by atoms with van der Waals surface area (Å²) in [4.78, 5) is 2.52. The lowest BCUT2D eigenvalue weighted by Crippen LogP contribution is -2.35. The molecule has 2 heterocycles. The number of aromatic nitrogens is 1. The third-order valence-corrected chi connectivity index (χ3v) is 9.58. The second-order valence-corrected chi connectivity index (χ2v) is 13.3. The average Bonchev–Trinajstić information content (AvgIpc) is 3.48. The number of hydrogen-bond donors (Lipinski definition) is 0. The minimum Gasteiger partial charge on any atom is -0.492 e. The fourth-order valence-electron chi connectivity index (χ4n) is 6.58. The number of fused-ring (bicyclic) bond motifs is 1. The molecule has 0 aliphatic carbocycles. The molecule has 0 atom stereocenters. The predicted octanol–water partition coefficient (Wildman–Crippen LogP) is 9.55. The number of likely N-dealkylation sites (tertiary alicyclic amines) is 1. The molecular formula is C44H46N2O3. The Morgan fingerprint density at radius 3 is 1.80 bits per heavy atom. The quantitative estimate of drug-likeness (QED) is 0.118. The Bertz CT molecular complexity index is 1890. The lowest BCUT2D eigenvalue weighted by atomic mass is 9.99. The Kier molecular flexibility index (Phi) is 10.6. The molecular weight excluding hydrogens is 604 g/mol. The van der Waals surface area contributed by atoms with Crippen molar-refractivity contribution >= 4 is 10.9 Å². The van der Waals surface area contributed by atoms with Crippen molar-refractivity contribution in [3.05, 3.63) is 161 Å². The normalized spacial score (nSPS) is 13.8. The van der Waals surface area contributed by atoms with Crippen molar-refractivity contribution in [3.63, 3.8) is 0 Å². The van der Waals surface area contributed by atoms with Crippen LogP contribution in [0.4, 0.5) is 0 Å². The van der Waals surface area contributed by atoms with Crippen LogP contribution in [0.15, 0.2) is 133 Å². The second kappa shape index (κ2) is 15.9. The average molecular weight is 651 g/mol. The van der Waals surface area contributed by atoms with Gasteiger partial charge in [0.2, 0.25) is 0 Å². The van der Waals surface area contributed by atoms with Gasteiger partial charge in [0.1, 0.15) is 37.1 Å². The first-order chi connectivity index (χ1) is 24.1. The summed E-state index contributed by atoms with van der Waals surface area (Å²) in [6.45, 7) is 8.32. The van der Waals surface area contributed by atoms with E-state index in [9.17, 15) is 0 Å². The number of nitrogens with zero attached hydrogens (tertiary/aromatic N) is 2. The van der Waals surface area contributed by atoms with E-state index in [1.165, 1.54) is 53.7 Å². The van der Waals surface area contributed by atoms with Crippen LogP contribution in [-0.4, -0.2) is 35.7 Å². The van der Waals surface area contributed by atoms with Crippen molar-refractivity contribution in [2.75, 3.05) is 26.2 Å². The third-order valence-electron chi connectivity index (χ3n) is 9.58. The maximum atomic E-state index is 6.20. The summed E-state index contributed by atoms with van der Waals surface area (Å²) in [5, 5.41) is 1.18. The van der Waals surface area contributed by atoms with E-state index in [4.69, 9.17) is 14.2 Å². The molecule has 0 unspecified atom stereocenters. The third kappa shape index (κ3) is 8.92. The van der Waals surface area contributed by atoms with E-state index >= 15 is 0 Å².